The van der Waals surface area contributed by atoms with Gasteiger partial charge in [-0.3, -0.25) is 0 Å². The van der Waals surface area contributed by atoms with Crippen molar-refractivity contribution in [3.8, 4) is 0 Å². The molecule has 0 fully saturated rings. The summed E-state index contributed by atoms with van der Waals surface area (Å²) >= 11 is 0. The van der Waals surface area contributed by atoms with Crippen LogP contribution in [0.5, 0.6) is 0 Å². The van der Waals surface area contributed by atoms with Crippen LogP contribution < -0.4 is 4.57 Å². The zero-order valence-electron chi connectivity index (χ0n) is 14.9. The fourth-order valence-corrected chi connectivity index (χ4v) is 3.27. The van der Waals surface area contributed by atoms with Crippen LogP contribution in [0.25, 0.3) is 11.0 Å². The number of nitrogens with zero attached hydrogens (tertiary/aromatic N) is 2. The van der Waals surface area contributed by atoms with Crippen molar-refractivity contribution in [1.82, 2.24) is 4.57 Å². The molecule has 0 saturated carbocycles. The molecule has 1 aromatic heterocycles. The van der Waals surface area contributed by atoms with Gasteiger partial charge in [0.2, 0.25) is 6.33 Å². The molecule has 0 spiro atoms. The van der Waals surface area contributed by atoms with Gasteiger partial charge >= 0.3 is 6.18 Å². The smallest absolute Gasteiger partial charge is 0.226 e. The largest absolute Gasteiger partial charge is 0.416 e. The molecule has 4 aromatic rings. The summed E-state index contributed by atoms with van der Waals surface area (Å²) in [5.74, 6) is 0. The molecule has 0 saturated heterocycles. The highest BCUT2D eigenvalue weighted by Crippen LogP contribution is 2.29. The first-order valence-electron chi connectivity index (χ1n) is 8.68. The van der Waals surface area contributed by atoms with Gasteiger partial charge in [-0.05, 0) is 35.4 Å². The standard InChI is InChI=1S/C22H18F3N2.BrH/c23-22(24,25)19-12-10-18(11-13-19)15-27-16-26(14-17-6-2-1-3-7-17)20-8-4-5-9-21(20)27;/h1-13,16H,14-15H2;1H/q+1;. The SMILES string of the molecule is Br.FC(F)(F)c1ccc(Cn2c[n+](Cc3ccccc3)c3ccccc32)cc1. The van der Waals surface area contributed by atoms with E-state index in [9.17, 15) is 13.2 Å². The van der Waals surface area contributed by atoms with Crippen LogP contribution in [0, 0.1) is 0 Å². The molecule has 0 atom stereocenters. The number of aromatic nitrogens is 2. The van der Waals surface area contributed by atoms with Crippen LogP contribution in [0.4, 0.5) is 13.2 Å². The van der Waals surface area contributed by atoms with Crippen molar-refractivity contribution in [1.29, 1.82) is 0 Å². The molecule has 0 bridgehead atoms. The molecule has 0 aliphatic rings. The van der Waals surface area contributed by atoms with Gasteiger partial charge in [0.15, 0.2) is 11.0 Å². The molecular weight excluding hydrogens is 429 g/mol. The van der Waals surface area contributed by atoms with Crippen molar-refractivity contribution in [2.24, 2.45) is 0 Å². The Hall–Kier alpha value is -2.60. The maximum atomic E-state index is 12.8. The molecule has 6 heteroatoms. The van der Waals surface area contributed by atoms with Crippen LogP contribution in [0.1, 0.15) is 16.7 Å². The van der Waals surface area contributed by atoms with Crippen molar-refractivity contribution in [2.75, 3.05) is 0 Å². The van der Waals surface area contributed by atoms with Gasteiger partial charge in [0.1, 0.15) is 13.1 Å². The Labute approximate surface area is 171 Å². The maximum Gasteiger partial charge on any atom is 0.416 e. The number of fused-ring (bicyclic) bond motifs is 1. The fourth-order valence-electron chi connectivity index (χ4n) is 3.27. The summed E-state index contributed by atoms with van der Waals surface area (Å²) in [7, 11) is 0. The van der Waals surface area contributed by atoms with Crippen molar-refractivity contribution in [2.45, 2.75) is 19.3 Å². The average molecular weight is 448 g/mol. The van der Waals surface area contributed by atoms with Crippen molar-refractivity contribution < 1.29 is 17.7 Å². The van der Waals surface area contributed by atoms with Crippen LogP contribution in [0.2, 0.25) is 0 Å². The predicted octanol–water partition coefficient (Wildman–Crippen LogP) is 5.62. The van der Waals surface area contributed by atoms with Gasteiger partial charge in [-0.1, -0.05) is 54.6 Å². The quantitative estimate of drug-likeness (QED) is 0.359. The normalized spacial score (nSPS) is 11.4. The Balaban J connectivity index is 0.00000225. The second-order valence-electron chi connectivity index (χ2n) is 6.54. The number of halogens is 4. The number of hydrogen-bond acceptors (Lipinski definition) is 0. The first kappa shape index (κ1) is 20.1. The minimum atomic E-state index is -4.31. The Kier molecular flexibility index (Phi) is 5.89. The summed E-state index contributed by atoms with van der Waals surface area (Å²) in [4.78, 5) is 0. The highest BCUT2D eigenvalue weighted by atomic mass is 79.9. The van der Waals surface area contributed by atoms with E-state index < -0.39 is 11.7 Å². The van der Waals surface area contributed by atoms with Gasteiger partial charge < -0.3 is 0 Å². The summed E-state index contributed by atoms with van der Waals surface area (Å²) in [6.45, 7) is 1.25. The lowest BCUT2D eigenvalue weighted by molar-refractivity contribution is -0.663. The Bertz CT molecular complexity index is 1050. The lowest BCUT2D eigenvalue weighted by Crippen LogP contribution is -2.32. The fraction of sp³-hybridized carbons (Fsp3) is 0.136. The third-order valence-corrected chi connectivity index (χ3v) is 4.61. The summed E-state index contributed by atoms with van der Waals surface area (Å²) in [5, 5.41) is 0. The third-order valence-electron chi connectivity index (χ3n) is 4.61. The highest BCUT2D eigenvalue weighted by Gasteiger charge is 2.30. The van der Waals surface area contributed by atoms with E-state index in [-0.39, 0.29) is 17.0 Å². The van der Waals surface area contributed by atoms with Crippen LogP contribution >= 0.6 is 17.0 Å². The molecule has 0 radical (unpaired) electrons. The van der Waals surface area contributed by atoms with E-state index in [0.717, 1.165) is 35.3 Å². The molecule has 4 rings (SSSR count). The van der Waals surface area contributed by atoms with E-state index in [1.54, 1.807) is 12.1 Å². The number of para-hydroxylation sites is 2. The van der Waals surface area contributed by atoms with E-state index in [1.165, 1.54) is 5.56 Å². The molecular formula is C22H19BrF3N2+. The Morgan fingerprint density at radius 2 is 1.39 bits per heavy atom. The topological polar surface area (TPSA) is 8.81 Å². The summed E-state index contributed by atoms with van der Waals surface area (Å²) in [6.07, 6.45) is -2.29. The molecule has 0 amide bonds. The molecule has 1 heterocycles. The van der Waals surface area contributed by atoms with E-state index in [2.05, 4.69) is 27.3 Å². The molecule has 0 unspecified atom stereocenters. The average Bonchev–Trinajstić information content (AvgIpc) is 3.00. The molecule has 0 aliphatic carbocycles. The minimum Gasteiger partial charge on any atom is -0.226 e. The third kappa shape index (κ3) is 4.28. The summed E-state index contributed by atoms with van der Waals surface area (Å²) in [6, 6.07) is 23.6. The second-order valence-corrected chi connectivity index (χ2v) is 6.54. The number of benzene rings is 3. The first-order valence-corrected chi connectivity index (χ1v) is 8.68. The Morgan fingerprint density at radius 1 is 0.750 bits per heavy atom. The van der Waals surface area contributed by atoms with Gasteiger partial charge in [0.05, 0.1) is 5.56 Å². The zero-order chi connectivity index (χ0) is 18.9. The summed E-state index contributed by atoms with van der Waals surface area (Å²) in [5.41, 5.74) is 3.54. The minimum absolute atomic E-state index is 0. The van der Waals surface area contributed by atoms with Gasteiger partial charge in [-0.25, -0.2) is 9.13 Å². The number of alkyl halides is 3. The van der Waals surface area contributed by atoms with Crippen LogP contribution in [-0.2, 0) is 19.3 Å². The Morgan fingerprint density at radius 3 is 2.07 bits per heavy atom. The van der Waals surface area contributed by atoms with Gasteiger partial charge in [-0.15, -0.1) is 17.0 Å². The van der Waals surface area contributed by atoms with E-state index in [4.69, 9.17) is 0 Å². The second kappa shape index (κ2) is 8.19. The molecule has 28 heavy (non-hydrogen) atoms. The summed E-state index contributed by atoms with van der Waals surface area (Å²) < 4.78 is 42.5. The predicted molar refractivity (Wildman–Crippen MR) is 109 cm³/mol. The number of rotatable bonds is 4. The van der Waals surface area contributed by atoms with Gasteiger partial charge in [-0.2, -0.15) is 13.2 Å². The molecule has 0 aliphatic heterocycles. The van der Waals surface area contributed by atoms with Crippen molar-refractivity contribution >= 4 is 28.0 Å². The van der Waals surface area contributed by atoms with Crippen LogP contribution in [-0.4, -0.2) is 4.57 Å². The highest BCUT2D eigenvalue weighted by molar-refractivity contribution is 8.93. The molecule has 144 valence electrons. The molecule has 3 aromatic carbocycles. The number of hydrogen-bond donors (Lipinski definition) is 0. The number of imidazole rings is 1. The van der Waals surface area contributed by atoms with Crippen LogP contribution in [0.3, 0.4) is 0 Å². The van der Waals surface area contributed by atoms with Crippen LogP contribution in [0.15, 0.2) is 85.2 Å². The lowest BCUT2D eigenvalue weighted by Gasteiger charge is -2.06. The van der Waals surface area contributed by atoms with E-state index in [1.807, 2.05) is 42.7 Å². The van der Waals surface area contributed by atoms with E-state index in [0.29, 0.717) is 6.54 Å². The monoisotopic (exact) mass is 447 g/mol. The molecule has 2 nitrogen and oxygen atoms in total. The lowest BCUT2D eigenvalue weighted by atomic mass is 10.1. The van der Waals surface area contributed by atoms with Crippen molar-refractivity contribution in [3.05, 3.63) is 102 Å². The van der Waals surface area contributed by atoms with Gasteiger partial charge in [0.25, 0.3) is 0 Å². The van der Waals surface area contributed by atoms with Crippen molar-refractivity contribution in [3.63, 3.8) is 0 Å². The van der Waals surface area contributed by atoms with E-state index >= 15 is 0 Å². The first-order chi connectivity index (χ1) is 13.0. The van der Waals surface area contributed by atoms with Gasteiger partial charge in [0, 0.05) is 0 Å². The molecule has 0 N–H and O–H groups in total. The maximum absolute atomic E-state index is 12.8. The zero-order valence-corrected chi connectivity index (χ0v) is 16.6.